The van der Waals surface area contributed by atoms with E-state index < -0.39 is 0 Å². The number of anilines is 2. The summed E-state index contributed by atoms with van der Waals surface area (Å²) in [6, 6.07) is 0. The Balaban J connectivity index is 1.99. The minimum Gasteiger partial charge on any atom is -0.372 e. The molecule has 0 saturated carbocycles. The lowest BCUT2D eigenvalue weighted by Crippen LogP contribution is -2.45. The molecule has 0 radical (unpaired) electrons. The van der Waals surface area contributed by atoms with E-state index in [1.807, 2.05) is 7.05 Å². The molecule has 6 nitrogen and oxygen atoms in total. The quantitative estimate of drug-likeness (QED) is 0.892. The molecule has 1 aromatic rings. The lowest BCUT2D eigenvalue weighted by molar-refractivity contribution is 0.0911. The lowest BCUT2D eigenvalue weighted by Gasteiger charge is -2.34. The highest BCUT2D eigenvalue weighted by atomic mass is 16.1. The SMILES string of the molecule is CNc1nc(N2CCN(C)CC2)nc2c1C(=O)CC(C)(C)C2. The molecule has 120 valence electrons. The summed E-state index contributed by atoms with van der Waals surface area (Å²) in [5.41, 5.74) is 1.57. The van der Waals surface area contributed by atoms with Crippen molar-refractivity contribution in [3.8, 4) is 0 Å². The highest BCUT2D eigenvalue weighted by Crippen LogP contribution is 2.37. The van der Waals surface area contributed by atoms with Crippen molar-refractivity contribution in [1.82, 2.24) is 14.9 Å². The van der Waals surface area contributed by atoms with Crippen LogP contribution in [0.4, 0.5) is 11.8 Å². The topological polar surface area (TPSA) is 61.4 Å². The second kappa shape index (κ2) is 5.50. The standard InChI is InChI=1S/C16H25N5O/c1-16(2)9-11-13(12(22)10-16)14(17-3)19-15(18-11)21-7-5-20(4)6-8-21/h5-10H2,1-4H3,(H,17,18,19). The Bertz CT molecular complexity index is 590. The van der Waals surface area contributed by atoms with E-state index in [0.717, 1.165) is 44.2 Å². The second-order valence-corrected chi connectivity index (χ2v) is 7.18. The molecule has 0 spiro atoms. The molecular weight excluding hydrogens is 278 g/mol. The Morgan fingerprint density at radius 1 is 1.09 bits per heavy atom. The van der Waals surface area contributed by atoms with Gasteiger partial charge in [0.05, 0.1) is 11.3 Å². The van der Waals surface area contributed by atoms with E-state index in [2.05, 4.69) is 41.0 Å². The Morgan fingerprint density at radius 2 is 1.77 bits per heavy atom. The zero-order valence-corrected chi connectivity index (χ0v) is 13.9. The van der Waals surface area contributed by atoms with Crippen LogP contribution in [-0.2, 0) is 6.42 Å². The van der Waals surface area contributed by atoms with Gasteiger partial charge in [-0.05, 0) is 18.9 Å². The molecule has 6 heteroatoms. The zero-order valence-electron chi connectivity index (χ0n) is 13.9. The molecule has 1 N–H and O–H groups in total. The van der Waals surface area contributed by atoms with Crippen molar-refractivity contribution in [2.45, 2.75) is 26.7 Å². The van der Waals surface area contributed by atoms with Crippen molar-refractivity contribution in [3.05, 3.63) is 11.3 Å². The molecule has 1 fully saturated rings. The molecule has 0 amide bonds. The van der Waals surface area contributed by atoms with E-state index in [1.54, 1.807) is 0 Å². The number of hydrogen-bond donors (Lipinski definition) is 1. The molecule has 0 bridgehead atoms. The smallest absolute Gasteiger partial charge is 0.227 e. The molecule has 3 rings (SSSR count). The maximum absolute atomic E-state index is 12.5. The number of carbonyl (C=O) groups is 1. The fourth-order valence-electron chi connectivity index (χ4n) is 3.28. The third kappa shape index (κ3) is 2.79. The highest BCUT2D eigenvalue weighted by Gasteiger charge is 2.35. The zero-order chi connectivity index (χ0) is 15.9. The predicted octanol–water partition coefficient (Wildman–Crippen LogP) is 1.43. The molecule has 2 heterocycles. The van der Waals surface area contributed by atoms with Gasteiger partial charge in [0, 0.05) is 39.6 Å². The first-order valence-electron chi connectivity index (χ1n) is 7.95. The van der Waals surface area contributed by atoms with Gasteiger partial charge in [-0.2, -0.15) is 4.98 Å². The second-order valence-electron chi connectivity index (χ2n) is 7.18. The van der Waals surface area contributed by atoms with Crippen LogP contribution in [0.25, 0.3) is 0 Å². The third-order valence-electron chi connectivity index (χ3n) is 4.56. The van der Waals surface area contributed by atoms with Gasteiger partial charge in [0.25, 0.3) is 0 Å². The molecule has 0 atom stereocenters. The normalized spacial score (nSPS) is 21.6. The van der Waals surface area contributed by atoms with Crippen LogP contribution in [0.3, 0.4) is 0 Å². The minimum absolute atomic E-state index is 0.0250. The number of nitrogens with one attached hydrogen (secondary N) is 1. The maximum atomic E-state index is 12.5. The van der Waals surface area contributed by atoms with Crippen LogP contribution in [-0.4, -0.2) is 60.9 Å². The van der Waals surface area contributed by atoms with Gasteiger partial charge < -0.3 is 15.1 Å². The number of nitrogens with zero attached hydrogens (tertiary/aromatic N) is 4. The number of aromatic nitrogens is 2. The van der Waals surface area contributed by atoms with Crippen LogP contribution in [0, 0.1) is 5.41 Å². The van der Waals surface area contributed by atoms with E-state index in [0.29, 0.717) is 17.8 Å². The Labute approximate surface area is 131 Å². The number of likely N-dealkylation sites (N-methyl/N-ethyl adjacent to an activating group) is 1. The van der Waals surface area contributed by atoms with Crippen molar-refractivity contribution in [2.24, 2.45) is 5.41 Å². The van der Waals surface area contributed by atoms with Gasteiger partial charge in [0.2, 0.25) is 5.95 Å². The van der Waals surface area contributed by atoms with Gasteiger partial charge in [0.1, 0.15) is 5.82 Å². The summed E-state index contributed by atoms with van der Waals surface area (Å²) in [7, 11) is 3.95. The molecule has 0 aromatic carbocycles. The molecule has 22 heavy (non-hydrogen) atoms. The summed E-state index contributed by atoms with van der Waals surface area (Å²) in [5.74, 6) is 1.58. The lowest BCUT2D eigenvalue weighted by atomic mass is 9.76. The van der Waals surface area contributed by atoms with Crippen LogP contribution < -0.4 is 10.2 Å². The van der Waals surface area contributed by atoms with E-state index >= 15 is 0 Å². The van der Waals surface area contributed by atoms with Gasteiger partial charge in [-0.3, -0.25) is 4.79 Å². The molecule has 1 saturated heterocycles. The molecule has 1 aliphatic carbocycles. The van der Waals surface area contributed by atoms with E-state index in [1.165, 1.54) is 0 Å². The number of Topliss-reactive ketones (excluding diaryl/α,β-unsaturated/α-hetero) is 1. The molecule has 1 aliphatic heterocycles. The summed E-state index contributed by atoms with van der Waals surface area (Å²) in [6.07, 6.45) is 1.39. The number of rotatable bonds is 2. The summed E-state index contributed by atoms with van der Waals surface area (Å²) in [6.45, 7) is 8.14. The van der Waals surface area contributed by atoms with Gasteiger partial charge in [0.15, 0.2) is 5.78 Å². The van der Waals surface area contributed by atoms with Gasteiger partial charge >= 0.3 is 0 Å². The van der Waals surface area contributed by atoms with E-state index in [4.69, 9.17) is 4.98 Å². The first kappa shape index (κ1) is 15.2. The fraction of sp³-hybridized carbons (Fsp3) is 0.688. The third-order valence-corrected chi connectivity index (χ3v) is 4.56. The van der Waals surface area contributed by atoms with Crippen LogP contribution >= 0.6 is 0 Å². The molecule has 2 aliphatic rings. The van der Waals surface area contributed by atoms with Crippen molar-refractivity contribution in [2.75, 3.05) is 50.5 Å². The van der Waals surface area contributed by atoms with Crippen molar-refractivity contribution >= 4 is 17.5 Å². The Morgan fingerprint density at radius 3 is 2.41 bits per heavy atom. The van der Waals surface area contributed by atoms with Gasteiger partial charge in [-0.15, -0.1) is 0 Å². The highest BCUT2D eigenvalue weighted by molar-refractivity contribution is 6.03. The number of piperazine rings is 1. The average Bonchev–Trinajstić information content (AvgIpc) is 2.45. The van der Waals surface area contributed by atoms with Crippen molar-refractivity contribution in [3.63, 3.8) is 0 Å². The fourth-order valence-corrected chi connectivity index (χ4v) is 3.28. The molecule has 1 aromatic heterocycles. The monoisotopic (exact) mass is 303 g/mol. The van der Waals surface area contributed by atoms with Gasteiger partial charge in [-0.25, -0.2) is 4.98 Å². The average molecular weight is 303 g/mol. The van der Waals surface area contributed by atoms with Crippen LogP contribution in [0.5, 0.6) is 0 Å². The Hall–Kier alpha value is -1.69. The van der Waals surface area contributed by atoms with Crippen LogP contribution in [0.1, 0.15) is 36.3 Å². The van der Waals surface area contributed by atoms with Crippen LogP contribution in [0.2, 0.25) is 0 Å². The summed E-state index contributed by atoms with van der Waals surface area (Å²) < 4.78 is 0. The first-order chi connectivity index (χ1) is 10.4. The first-order valence-corrected chi connectivity index (χ1v) is 7.95. The maximum Gasteiger partial charge on any atom is 0.227 e. The molecular formula is C16H25N5O. The minimum atomic E-state index is -0.0250. The number of hydrogen-bond acceptors (Lipinski definition) is 6. The summed E-state index contributed by atoms with van der Waals surface area (Å²) in [4.78, 5) is 26.4. The predicted molar refractivity (Wildman–Crippen MR) is 87.7 cm³/mol. The van der Waals surface area contributed by atoms with Crippen molar-refractivity contribution < 1.29 is 4.79 Å². The summed E-state index contributed by atoms with van der Waals surface area (Å²) >= 11 is 0. The van der Waals surface area contributed by atoms with Crippen LogP contribution in [0.15, 0.2) is 0 Å². The number of fused-ring (bicyclic) bond motifs is 1. The number of carbonyl (C=O) groups excluding carboxylic acids is 1. The largest absolute Gasteiger partial charge is 0.372 e. The molecule has 0 unspecified atom stereocenters. The number of ketones is 1. The van der Waals surface area contributed by atoms with E-state index in [-0.39, 0.29) is 11.2 Å². The summed E-state index contributed by atoms with van der Waals surface area (Å²) in [5, 5.41) is 3.09. The van der Waals surface area contributed by atoms with E-state index in [9.17, 15) is 4.79 Å². The Kier molecular flexibility index (Phi) is 3.80. The van der Waals surface area contributed by atoms with Gasteiger partial charge in [-0.1, -0.05) is 13.8 Å². The van der Waals surface area contributed by atoms with Crippen molar-refractivity contribution in [1.29, 1.82) is 0 Å².